The lowest BCUT2D eigenvalue weighted by Crippen LogP contribution is -2.31. The molecule has 2 aromatic rings. The molecule has 6 heteroatoms. The van der Waals surface area contributed by atoms with Crippen LogP contribution in [0.3, 0.4) is 0 Å². The molecule has 21 heavy (non-hydrogen) atoms. The highest BCUT2D eigenvalue weighted by Gasteiger charge is 2.14. The normalized spacial score (nSPS) is 10.5. The zero-order chi connectivity index (χ0) is 15.4. The number of imidazole rings is 1. The molecule has 0 saturated carbocycles. The van der Waals surface area contributed by atoms with Gasteiger partial charge in [0.15, 0.2) is 0 Å². The second-order valence-corrected chi connectivity index (χ2v) is 4.72. The summed E-state index contributed by atoms with van der Waals surface area (Å²) in [7, 11) is 0. The van der Waals surface area contributed by atoms with Crippen molar-refractivity contribution in [2.75, 3.05) is 18.8 Å². The number of benzene rings is 1. The first-order valence-corrected chi connectivity index (χ1v) is 7.04. The van der Waals surface area contributed by atoms with E-state index in [0.29, 0.717) is 43.1 Å². The van der Waals surface area contributed by atoms with Gasteiger partial charge in [0, 0.05) is 26.1 Å². The van der Waals surface area contributed by atoms with E-state index in [0.717, 1.165) is 5.52 Å². The predicted octanol–water partition coefficient (Wildman–Crippen LogP) is 1.75. The van der Waals surface area contributed by atoms with Crippen molar-refractivity contribution in [1.29, 1.82) is 5.26 Å². The third-order valence-electron chi connectivity index (χ3n) is 3.59. The number of nitrogen functional groups attached to an aromatic ring is 1. The molecule has 1 heterocycles. The van der Waals surface area contributed by atoms with Crippen molar-refractivity contribution in [3.05, 3.63) is 23.8 Å². The van der Waals surface area contributed by atoms with Crippen LogP contribution in [0.15, 0.2) is 18.2 Å². The Hall–Kier alpha value is -2.55. The highest BCUT2D eigenvalue weighted by molar-refractivity contribution is 5.84. The molecule has 0 saturated heterocycles. The number of aryl methyl sites for hydroxylation is 1. The van der Waals surface area contributed by atoms with Gasteiger partial charge in [-0.3, -0.25) is 4.79 Å². The first-order valence-electron chi connectivity index (χ1n) is 7.04. The van der Waals surface area contributed by atoms with E-state index in [9.17, 15) is 4.79 Å². The number of hydrogen-bond acceptors (Lipinski definition) is 4. The van der Waals surface area contributed by atoms with Gasteiger partial charge in [-0.1, -0.05) is 6.07 Å². The summed E-state index contributed by atoms with van der Waals surface area (Å²) in [6.45, 7) is 5.79. The van der Waals surface area contributed by atoms with Gasteiger partial charge in [0.1, 0.15) is 11.6 Å². The summed E-state index contributed by atoms with van der Waals surface area (Å²) >= 11 is 0. The Morgan fingerprint density at radius 1 is 1.43 bits per heavy atom. The molecule has 2 rings (SSSR count). The Morgan fingerprint density at radius 3 is 2.76 bits per heavy atom. The highest BCUT2D eigenvalue weighted by atomic mass is 16.2. The van der Waals surface area contributed by atoms with Crippen molar-refractivity contribution in [1.82, 2.24) is 14.5 Å². The van der Waals surface area contributed by atoms with Crippen LogP contribution in [-0.4, -0.2) is 33.4 Å². The standard InChI is InChI=1S/C15H19N5O/c1-3-19(4-2)13(21)8-9-20-12-7-5-6-11(10-16)14(12)18-15(20)17/h5-7H,3-4,8-9H2,1-2H3,(H2,17,18). The van der Waals surface area contributed by atoms with Crippen LogP contribution in [0.2, 0.25) is 0 Å². The van der Waals surface area contributed by atoms with Gasteiger partial charge >= 0.3 is 0 Å². The van der Waals surface area contributed by atoms with Crippen LogP contribution in [0.5, 0.6) is 0 Å². The number of fused-ring (bicyclic) bond motifs is 1. The van der Waals surface area contributed by atoms with Crippen molar-refractivity contribution in [2.45, 2.75) is 26.8 Å². The van der Waals surface area contributed by atoms with E-state index in [1.807, 2.05) is 19.9 Å². The summed E-state index contributed by atoms with van der Waals surface area (Å²) < 4.78 is 1.79. The van der Waals surface area contributed by atoms with Crippen molar-refractivity contribution in [3.63, 3.8) is 0 Å². The zero-order valence-corrected chi connectivity index (χ0v) is 12.3. The third-order valence-corrected chi connectivity index (χ3v) is 3.59. The minimum absolute atomic E-state index is 0.0951. The van der Waals surface area contributed by atoms with Gasteiger partial charge in [-0.05, 0) is 26.0 Å². The van der Waals surface area contributed by atoms with Crippen LogP contribution in [0.25, 0.3) is 11.0 Å². The van der Waals surface area contributed by atoms with E-state index in [4.69, 9.17) is 11.0 Å². The molecule has 0 radical (unpaired) electrons. The quantitative estimate of drug-likeness (QED) is 0.906. The molecule has 0 spiro atoms. The molecular formula is C15H19N5O. The number of amides is 1. The molecule has 0 aliphatic carbocycles. The first kappa shape index (κ1) is 14.9. The van der Waals surface area contributed by atoms with E-state index in [1.165, 1.54) is 0 Å². The fraction of sp³-hybridized carbons (Fsp3) is 0.400. The summed E-state index contributed by atoms with van der Waals surface area (Å²) in [4.78, 5) is 18.1. The Bertz CT molecular complexity index is 694. The van der Waals surface area contributed by atoms with Gasteiger partial charge in [-0.2, -0.15) is 5.26 Å². The number of nitrogens with zero attached hydrogens (tertiary/aromatic N) is 4. The van der Waals surface area contributed by atoms with Gasteiger partial charge in [0.05, 0.1) is 11.1 Å². The molecule has 0 atom stereocenters. The minimum Gasteiger partial charge on any atom is -0.369 e. The zero-order valence-electron chi connectivity index (χ0n) is 12.3. The summed E-state index contributed by atoms with van der Waals surface area (Å²) in [5.74, 6) is 0.428. The number of anilines is 1. The van der Waals surface area contributed by atoms with E-state index in [2.05, 4.69) is 11.1 Å². The van der Waals surface area contributed by atoms with Gasteiger partial charge in [-0.15, -0.1) is 0 Å². The molecule has 110 valence electrons. The summed E-state index contributed by atoms with van der Waals surface area (Å²) in [5, 5.41) is 9.09. The van der Waals surface area contributed by atoms with Crippen LogP contribution in [0, 0.1) is 11.3 Å². The molecular weight excluding hydrogens is 266 g/mol. The number of rotatable bonds is 5. The van der Waals surface area contributed by atoms with E-state index in [1.54, 1.807) is 21.6 Å². The van der Waals surface area contributed by atoms with Gasteiger partial charge in [0.25, 0.3) is 0 Å². The van der Waals surface area contributed by atoms with Crippen LogP contribution in [0.4, 0.5) is 5.95 Å². The monoisotopic (exact) mass is 285 g/mol. The van der Waals surface area contributed by atoms with Gasteiger partial charge < -0.3 is 15.2 Å². The van der Waals surface area contributed by atoms with Crippen LogP contribution < -0.4 is 5.73 Å². The lowest BCUT2D eigenvalue weighted by molar-refractivity contribution is -0.131. The number of aromatic nitrogens is 2. The Labute approximate surface area is 123 Å². The lowest BCUT2D eigenvalue weighted by atomic mass is 10.2. The van der Waals surface area contributed by atoms with Gasteiger partial charge in [-0.25, -0.2) is 4.98 Å². The molecule has 6 nitrogen and oxygen atoms in total. The van der Waals surface area contributed by atoms with E-state index < -0.39 is 0 Å². The Kier molecular flexibility index (Phi) is 4.43. The summed E-state index contributed by atoms with van der Waals surface area (Å²) in [5.41, 5.74) is 7.80. The molecule has 2 N–H and O–H groups in total. The second-order valence-electron chi connectivity index (χ2n) is 4.72. The highest BCUT2D eigenvalue weighted by Crippen LogP contribution is 2.21. The molecule has 1 aromatic carbocycles. The molecule has 0 aliphatic heterocycles. The second kappa shape index (κ2) is 6.27. The average Bonchev–Trinajstić information content (AvgIpc) is 2.81. The Balaban J connectivity index is 2.26. The molecule has 0 unspecified atom stereocenters. The SMILES string of the molecule is CCN(CC)C(=O)CCn1c(N)nc2c(C#N)cccc21. The maximum atomic E-state index is 12.1. The summed E-state index contributed by atoms with van der Waals surface area (Å²) in [6, 6.07) is 7.47. The number of carbonyl (C=O) groups excluding carboxylic acids is 1. The topological polar surface area (TPSA) is 87.9 Å². The maximum Gasteiger partial charge on any atom is 0.224 e. The molecule has 1 aromatic heterocycles. The number of nitriles is 1. The van der Waals surface area contributed by atoms with Crippen LogP contribution in [0.1, 0.15) is 25.8 Å². The fourth-order valence-corrected chi connectivity index (χ4v) is 2.43. The average molecular weight is 285 g/mol. The van der Waals surface area contributed by atoms with Crippen molar-refractivity contribution in [3.8, 4) is 6.07 Å². The number of hydrogen-bond donors (Lipinski definition) is 1. The number of carbonyl (C=O) groups is 1. The van der Waals surface area contributed by atoms with Gasteiger partial charge in [0.2, 0.25) is 11.9 Å². The third kappa shape index (κ3) is 2.82. The molecule has 1 amide bonds. The number of nitrogens with two attached hydrogens (primary N) is 1. The molecule has 0 fully saturated rings. The fourth-order valence-electron chi connectivity index (χ4n) is 2.43. The Morgan fingerprint density at radius 2 is 2.14 bits per heavy atom. The van der Waals surface area contributed by atoms with Crippen LogP contribution >= 0.6 is 0 Å². The van der Waals surface area contributed by atoms with E-state index >= 15 is 0 Å². The molecule has 0 aliphatic rings. The van der Waals surface area contributed by atoms with Crippen molar-refractivity contribution in [2.24, 2.45) is 0 Å². The van der Waals surface area contributed by atoms with Crippen molar-refractivity contribution < 1.29 is 4.79 Å². The maximum absolute atomic E-state index is 12.1. The van der Waals surface area contributed by atoms with Crippen molar-refractivity contribution >= 4 is 22.9 Å². The van der Waals surface area contributed by atoms with E-state index in [-0.39, 0.29) is 5.91 Å². The predicted molar refractivity (Wildman–Crippen MR) is 81.4 cm³/mol. The summed E-state index contributed by atoms with van der Waals surface area (Å²) in [6.07, 6.45) is 0.369. The van der Waals surface area contributed by atoms with Crippen LogP contribution in [-0.2, 0) is 11.3 Å². The first-order chi connectivity index (χ1) is 10.1. The molecule has 0 bridgehead atoms. The smallest absolute Gasteiger partial charge is 0.224 e. The minimum atomic E-state index is 0.0951. The largest absolute Gasteiger partial charge is 0.369 e. The lowest BCUT2D eigenvalue weighted by Gasteiger charge is -2.18. The number of para-hydroxylation sites is 1.